The standard InChI is InChI=1S/C19H19BrN2O3S/c20-13-9-10-17-16(11-13)15-7-3-4-8-18(15)26(24,25)22(17)12-19(23)21-14-5-1-2-6-14/h3-4,7-11,14H,1-2,5-6,12H2,(H,21,23). The quantitative estimate of drug-likeness (QED) is 0.800. The molecule has 1 aliphatic carbocycles. The third kappa shape index (κ3) is 3.03. The van der Waals surface area contributed by atoms with E-state index in [2.05, 4.69) is 21.2 Å². The predicted octanol–water partition coefficient (Wildman–Crippen LogP) is 3.68. The Morgan fingerprint density at radius 2 is 1.85 bits per heavy atom. The Morgan fingerprint density at radius 1 is 1.12 bits per heavy atom. The number of halogens is 1. The van der Waals surface area contributed by atoms with Crippen LogP contribution in [0.2, 0.25) is 0 Å². The van der Waals surface area contributed by atoms with Crippen LogP contribution in [0.25, 0.3) is 11.1 Å². The highest BCUT2D eigenvalue weighted by atomic mass is 79.9. The molecule has 1 amide bonds. The second kappa shape index (κ2) is 6.70. The van der Waals surface area contributed by atoms with E-state index >= 15 is 0 Å². The van der Waals surface area contributed by atoms with E-state index in [1.165, 1.54) is 4.31 Å². The minimum Gasteiger partial charge on any atom is -0.352 e. The first kappa shape index (κ1) is 17.5. The molecule has 136 valence electrons. The summed E-state index contributed by atoms with van der Waals surface area (Å²) in [5.41, 5.74) is 2.00. The van der Waals surface area contributed by atoms with E-state index in [0.29, 0.717) is 11.3 Å². The molecule has 26 heavy (non-hydrogen) atoms. The van der Waals surface area contributed by atoms with Gasteiger partial charge in [0.2, 0.25) is 5.91 Å². The van der Waals surface area contributed by atoms with Gasteiger partial charge < -0.3 is 5.32 Å². The number of rotatable bonds is 3. The first-order valence-electron chi connectivity index (χ1n) is 8.68. The molecule has 1 aliphatic heterocycles. The SMILES string of the molecule is O=C(CN1c2ccc(Br)cc2-c2ccccc2S1(=O)=O)NC1CCCC1. The molecule has 2 aromatic carbocycles. The Bertz CT molecular complexity index is 968. The molecule has 0 spiro atoms. The van der Waals surface area contributed by atoms with E-state index in [9.17, 15) is 13.2 Å². The lowest BCUT2D eigenvalue weighted by molar-refractivity contribution is -0.120. The van der Waals surface area contributed by atoms with E-state index in [-0.39, 0.29) is 23.4 Å². The minimum atomic E-state index is -3.78. The highest BCUT2D eigenvalue weighted by Crippen LogP contribution is 2.43. The van der Waals surface area contributed by atoms with Crippen molar-refractivity contribution in [2.45, 2.75) is 36.6 Å². The smallest absolute Gasteiger partial charge is 0.265 e. The Kier molecular flexibility index (Phi) is 4.52. The lowest BCUT2D eigenvalue weighted by Gasteiger charge is -2.32. The fourth-order valence-corrected chi connectivity index (χ4v) is 5.76. The highest BCUT2D eigenvalue weighted by Gasteiger charge is 2.36. The van der Waals surface area contributed by atoms with Gasteiger partial charge in [0.1, 0.15) is 6.54 Å². The van der Waals surface area contributed by atoms with Crippen LogP contribution in [-0.2, 0) is 14.8 Å². The fourth-order valence-electron chi connectivity index (χ4n) is 3.75. The number of fused-ring (bicyclic) bond motifs is 3. The van der Waals surface area contributed by atoms with Gasteiger partial charge in [0.25, 0.3) is 10.0 Å². The van der Waals surface area contributed by atoms with Gasteiger partial charge in [-0.2, -0.15) is 0 Å². The Labute approximate surface area is 161 Å². The topological polar surface area (TPSA) is 66.5 Å². The summed E-state index contributed by atoms with van der Waals surface area (Å²) in [6.45, 7) is -0.207. The summed E-state index contributed by atoms with van der Waals surface area (Å²) < 4.78 is 28.4. The molecule has 0 unspecified atom stereocenters. The summed E-state index contributed by atoms with van der Waals surface area (Å²) in [7, 11) is -3.78. The largest absolute Gasteiger partial charge is 0.352 e. The van der Waals surface area contributed by atoms with Crippen LogP contribution in [-0.4, -0.2) is 26.9 Å². The van der Waals surface area contributed by atoms with Crippen molar-refractivity contribution < 1.29 is 13.2 Å². The number of carbonyl (C=O) groups is 1. The van der Waals surface area contributed by atoms with Gasteiger partial charge >= 0.3 is 0 Å². The van der Waals surface area contributed by atoms with Crippen molar-refractivity contribution in [2.75, 3.05) is 10.8 Å². The van der Waals surface area contributed by atoms with Crippen LogP contribution in [0.4, 0.5) is 5.69 Å². The molecule has 1 N–H and O–H groups in total. The summed E-state index contributed by atoms with van der Waals surface area (Å²) in [6, 6.07) is 12.5. The van der Waals surface area contributed by atoms with Crippen molar-refractivity contribution in [1.29, 1.82) is 0 Å². The van der Waals surface area contributed by atoms with Crippen LogP contribution in [0.15, 0.2) is 51.8 Å². The fraction of sp³-hybridized carbons (Fsp3) is 0.316. The second-order valence-corrected chi connectivity index (χ2v) is 9.46. The molecule has 0 aromatic heterocycles. The number of nitrogens with zero attached hydrogens (tertiary/aromatic N) is 1. The molecule has 0 bridgehead atoms. The molecular formula is C19H19BrN2O3S. The average Bonchev–Trinajstić information content (AvgIpc) is 3.12. The highest BCUT2D eigenvalue weighted by molar-refractivity contribution is 9.10. The normalized spacial score (nSPS) is 18.3. The third-order valence-corrected chi connectivity index (χ3v) is 7.29. The van der Waals surface area contributed by atoms with Crippen molar-refractivity contribution in [1.82, 2.24) is 5.32 Å². The number of nitrogens with one attached hydrogen (secondary N) is 1. The van der Waals surface area contributed by atoms with E-state index in [1.54, 1.807) is 30.3 Å². The van der Waals surface area contributed by atoms with Gasteiger partial charge in [-0.15, -0.1) is 0 Å². The number of benzene rings is 2. The van der Waals surface area contributed by atoms with Crippen molar-refractivity contribution in [3.63, 3.8) is 0 Å². The monoisotopic (exact) mass is 434 g/mol. The zero-order chi connectivity index (χ0) is 18.3. The second-order valence-electron chi connectivity index (χ2n) is 6.72. The van der Waals surface area contributed by atoms with E-state index in [1.807, 2.05) is 12.1 Å². The number of hydrogen-bond acceptors (Lipinski definition) is 3. The van der Waals surface area contributed by atoms with Crippen LogP contribution in [0, 0.1) is 0 Å². The molecule has 2 aromatic rings. The number of hydrogen-bond donors (Lipinski definition) is 1. The van der Waals surface area contributed by atoms with Gasteiger partial charge in [0.05, 0.1) is 10.6 Å². The van der Waals surface area contributed by atoms with Gasteiger partial charge in [-0.1, -0.05) is 47.0 Å². The molecule has 1 saturated carbocycles. The van der Waals surface area contributed by atoms with E-state index in [0.717, 1.165) is 35.7 Å². The van der Waals surface area contributed by atoms with Crippen LogP contribution >= 0.6 is 15.9 Å². The maximum atomic E-state index is 13.2. The summed E-state index contributed by atoms with van der Waals surface area (Å²) in [4.78, 5) is 12.8. The maximum absolute atomic E-state index is 13.2. The molecule has 1 fully saturated rings. The molecule has 0 atom stereocenters. The third-order valence-electron chi connectivity index (χ3n) is 4.98. The molecule has 1 heterocycles. The van der Waals surface area contributed by atoms with Crippen molar-refractivity contribution in [3.8, 4) is 11.1 Å². The first-order valence-corrected chi connectivity index (χ1v) is 10.9. The number of amides is 1. The van der Waals surface area contributed by atoms with Crippen LogP contribution in [0.3, 0.4) is 0 Å². The minimum absolute atomic E-state index is 0.159. The maximum Gasteiger partial charge on any atom is 0.265 e. The molecule has 0 saturated heterocycles. The Hall–Kier alpha value is -1.86. The summed E-state index contributed by atoms with van der Waals surface area (Å²) in [5, 5.41) is 2.98. The van der Waals surface area contributed by atoms with Gasteiger partial charge in [-0.25, -0.2) is 8.42 Å². The summed E-state index contributed by atoms with van der Waals surface area (Å²) in [5.74, 6) is -0.256. The summed E-state index contributed by atoms with van der Waals surface area (Å²) >= 11 is 3.45. The molecule has 2 aliphatic rings. The number of sulfonamides is 1. The van der Waals surface area contributed by atoms with Crippen LogP contribution < -0.4 is 9.62 Å². The van der Waals surface area contributed by atoms with Crippen LogP contribution in [0.1, 0.15) is 25.7 Å². The van der Waals surface area contributed by atoms with Gasteiger partial charge in [-0.3, -0.25) is 9.10 Å². The van der Waals surface area contributed by atoms with Gasteiger partial charge in [0.15, 0.2) is 0 Å². The summed E-state index contributed by atoms with van der Waals surface area (Å²) in [6.07, 6.45) is 4.14. The van der Waals surface area contributed by atoms with E-state index in [4.69, 9.17) is 0 Å². The van der Waals surface area contributed by atoms with Gasteiger partial charge in [0, 0.05) is 21.6 Å². The predicted molar refractivity (Wildman–Crippen MR) is 105 cm³/mol. The molecule has 0 radical (unpaired) electrons. The molecule has 7 heteroatoms. The van der Waals surface area contributed by atoms with E-state index < -0.39 is 10.0 Å². The zero-order valence-electron chi connectivity index (χ0n) is 14.1. The zero-order valence-corrected chi connectivity index (χ0v) is 16.5. The average molecular weight is 435 g/mol. The molecule has 5 nitrogen and oxygen atoms in total. The first-order chi connectivity index (χ1) is 12.5. The van der Waals surface area contributed by atoms with Crippen molar-refractivity contribution in [2.24, 2.45) is 0 Å². The lowest BCUT2D eigenvalue weighted by atomic mass is 10.0. The molecular weight excluding hydrogens is 416 g/mol. The van der Waals surface area contributed by atoms with Gasteiger partial charge in [-0.05, 0) is 37.1 Å². The van der Waals surface area contributed by atoms with Crippen LogP contribution in [0.5, 0.6) is 0 Å². The Balaban J connectivity index is 1.73. The lowest BCUT2D eigenvalue weighted by Crippen LogP contribution is -2.44. The van der Waals surface area contributed by atoms with Crippen molar-refractivity contribution in [3.05, 3.63) is 46.9 Å². The Morgan fingerprint density at radius 3 is 2.62 bits per heavy atom. The number of carbonyl (C=O) groups excluding carboxylic acids is 1. The number of anilines is 1. The molecule has 4 rings (SSSR count). The van der Waals surface area contributed by atoms with Crippen molar-refractivity contribution >= 4 is 37.5 Å².